The number of hydrogen-bond donors (Lipinski definition) is 1. The quantitative estimate of drug-likeness (QED) is 0.627. The number of rotatable bonds is 1. The minimum atomic E-state index is -0.727. The summed E-state index contributed by atoms with van der Waals surface area (Å²) in [5.41, 5.74) is 4.95. The first kappa shape index (κ1) is 9.73. The van der Waals surface area contributed by atoms with E-state index in [1.54, 1.807) is 22.6 Å². The van der Waals surface area contributed by atoms with Crippen molar-refractivity contribution in [3.63, 3.8) is 0 Å². The average molecular weight is 299 g/mol. The number of hydrogen-bond acceptors (Lipinski definition) is 1. The highest BCUT2D eigenvalue weighted by Crippen LogP contribution is 2.21. The number of carbonyl (C=O) groups is 1. The molecule has 0 fully saturated rings. The maximum Gasteiger partial charge on any atom is 0.250 e. The summed E-state index contributed by atoms with van der Waals surface area (Å²) in [4.78, 5) is 10.7. The van der Waals surface area contributed by atoms with Gasteiger partial charge in [-0.1, -0.05) is 11.6 Å². The topological polar surface area (TPSA) is 43.1 Å². The maximum absolute atomic E-state index is 12.8. The fraction of sp³-hybridized carbons (Fsp3) is 0. The lowest BCUT2D eigenvalue weighted by Crippen LogP contribution is -2.12. The van der Waals surface area contributed by atoms with E-state index < -0.39 is 11.7 Å². The molecule has 0 unspecified atom stereocenters. The summed E-state index contributed by atoms with van der Waals surface area (Å²) < 4.78 is 13.2. The first-order valence-electron chi connectivity index (χ1n) is 2.96. The van der Waals surface area contributed by atoms with Gasteiger partial charge in [-0.15, -0.1) is 0 Å². The highest BCUT2D eigenvalue weighted by atomic mass is 127. The van der Waals surface area contributed by atoms with Crippen molar-refractivity contribution < 1.29 is 9.18 Å². The third-order valence-electron chi connectivity index (χ3n) is 1.28. The molecule has 0 spiro atoms. The second-order valence-corrected chi connectivity index (χ2v) is 3.68. The second kappa shape index (κ2) is 3.57. The minimum Gasteiger partial charge on any atom is -0.366 e. The fourth-order valence-electron chi connectivity index (χ4n) is 0.711. The van der Waals surface area contributed by atoms with Crippen LogP contribution in [-0.4, -0.2) is 5.91 Å². The molecule has 0 bridgehead atoms. The first-order chi connectivity index (χ1) is 5.52. The van der Waals surface area contributed by atoms with Crippen LogP contribution < -0.4 is 5.73 Å². The number of benzene rings is 1. The molecule has 12 heavy (non-hydrogen) atoms. The molecule has 0 radical (unpaired) electrons. The maximum atomic E-state index is 12.8. The molecule has 0 heterocycles. The summed E-state index contributed by atoms with van der Waals surface area (Å²) in [5, 5.41) is 0.174. The monoisotopic (exact) mass is 299 g/mol. The van der Waals surface area contributed by atoms with Crippen LogP contribution in [0.2, 0.25) is 5.02 Å². The summed E-state index contributed by atoms with van der Waals surface area (Å²) in [6.45, 7) is 0. The van der Waals surface area contributed by atoms with Crippen molar-refractivity contribution in [3.05, 3.63) is 32.1 Å². The lowest BCUT2D eigenvalue weighted by atomic mass is 10.2. The molecule has 1 aromatic rings. The van der Waals surface area contributed by atoms with Gasteiger partial charge in [-0.05, 0) is 34.7 Å². The van der Waals surface area contributed by atoms with Crippen LogP contribution in [-0.2, 0) is 0 Å². The third-order valence-corrected chi connectivity index (χ3v) is 2.41. The van der Waals surface area contributed by atoms with E-state index in [9.17, 15) is 9.18 Å². The summed E-state index contributed by atoms with van der Waals surface area (Å²) in [6, 6.07) is 2.39. The van der Waals surface area contributed by atoms with Crippen LogP contribution in [0.25, 0.3) is 0 Å². The zero-order valence-electron chi connectivity index (χ0n) is 5.77. The van der Waals surface area contributed by atoms with Crippen molar-refractivity contribution in [3.8, 4) is 0 Å². The fourth-order valence-corrected chi connectivity index (χ4v) is 1.62. The van der Waals surface area contributed by atoms with Gasteiger partial charge >= 0.3 is 0 Å². The highest BCUT2D eigenvalue weighted by Gasteiger charge is 2.10. The Balaban J connectivity index is 3.33. The van der Waals surface area contributed by atoms with Gasteiger partial charge in [0, 0.05) is 0 Å². The van der Waals surface area contributed by atoms with Crippen LogP contribution in [0.4, 0.5) is 4.39 Å². The molecule has 0 atom stereocenters. The number of amides is 1. The van der Waals surface area contributed by atoms with E-state index >= 15 is 0 Å². The van der Waals surface area contributed by atoms with Crippen LogP contribution in [0.3, 0.4) is 0 Å². The normalized spacial score (nSPS) is 9.92. The van der Waals surface area contributed by atoms with Gasteiger partial charge in [0.15, 0.2) is 0 Å². The van der Waals surface area contributed by atoms with Gasteiger partial charge in [-0.3, -0.25) is 4.79 Å². The molecule has 0 aliphatic carbocycles. The summed E-state index contributed by atoms with van der Waals surface area (Å²) in [5.74, 6) is -1.22. The van der Waals surface area contributed by atoms with Gasteiger partial charge in [0.2, 0.25) is 5.91 Å². The van der Waals surface area contributed by atoms with Crippen molar-refractivity contribution in [2.75, 3.05) is 0 Å². The van der Waals surface area contributed by atoms with Crippen LogP contribution in [0.5, 0.6) is 0 Å². The summed E-state index contributed by atoms with van der Waals surface area (Å²) in [6.07, 6.45) is 0. The third kappa shape index (κ3) is 1.87. The first-order valence-corrected chi connectivity index (χ1v) is 4.42. The van der Waals surface area contributed by atoms with E-state index in [1.807, 2.05) is 0 Å². The minimum absolute atomic E-state index is 0.00887. The van der Waals surface area contributed by atoms with E-state index in [-0.39, 0.29) is 10.6 Å². The molecule has 1 amide bonds. The molecule has 0 aliphatic rings. The summed E-state index contributed by atoms with van der Waals surface area (Å²) >= 11 is 7.40. The largest absolute Gasteiger partial charge is 0.366 e. The Morgan fingerprint density at radius 1 is 1.58 bits per heavy atom. The molecule has 1 rings (SSSR count). The van der Waals surface area contributed by atoms with Crippen LogP contribution in [0, 0.1) is 9.39 Å². The zero-order chi connectivity index (χ0) is 9.30. The van der Waals surface area contributed by atoms with Gasteiger partial charge in [-0.2, -0.15) is 0 Å². The van der Waals surface area contributed by atoms with Crippen LogP contribution >= 0.6 is 34.2 Å². The van der Waals surface area contributed by atoms with E-state index in [4.69, 9.17) is 17.3 Å². The van der Waals surface area contributed by atoms with Gasteiger partial charge in [0.25, 0.3) is 0 Å². The molecule has 0 saturated heterocycles. The molecule has 0 aliphatic heterocycles. The van der Waals surface area contributed by atoms with E-state index in [0.29, 0.717) is 3.57 Å². The van der Waals surface area contributed by atoms with Gasteiger partial charge < -0.3 is 5.73 Å². The number of primary amides is 1. The Morgan fingerprint density at radius 3 is 2.67 bits per heavy atom. The Bertz CT molecular complexity index is 342. The van der Waals surface area contributed by atoms with Crippen molar-refractivity contribution in [1.82, 2.24) is 0 Å². The molecule has 2 nitrogen and oxygen atoms in total. The molecule has 0 aromatic heterocycles. The Labute approximate surface area is 87.0 Å². The predicted molar refractivity (Wildman–Crippen MR) is 52.6 cm³/mol. The molecular weight excluding hydrogens is 295 g/mol. The van der Waals surface area contributed by atoms with Gasteiger partial charge in [0.05, 0.1) is 14.2 Å². The van der Waals surface area contributed by atoms with Crippen molar-refractivity contribution in [2.45, 2.75) is 0 Å². The molecule has 64 valence electrons. The van der Waals surface area contributed by atoms with E-state index in [0.717, 1.165) is 6.07 Å². The van der Waals surface area contributed by atoms with Crippen molar-refractivity contribution in [1.29, 1.82) is 0 Å². The Morgan fingerprint density at radius 2 is 2.17 bits per heavy atom. The van der Waals surface area contributed by atoms with Gasteiger partial charge in [-0.25, -0.2) is 4.39 Å². The summed E-state index contributed by atoms with van der Waals surface area (Å²) in [7, 11) is 0. The predicted octanol–water partition coefficient (Wildman–Crippen LogP) is 2.18. The van der Waals surface area contributed by atoms with Gasteiger partial charge in [0.1, 0.15) is 5.82 Å². The zero-order valence-corrected chi connectivity index (χ0v) is 8.69. The Hall–Kier alpha value is -0.360. The smallest absolute Gasteiger partial charge is 0.250 e. The number of carbonyl (C=O) groups excluding carboxylic acids is 1. The highest BCUT2D eigenvalue weighted by molar-refractivity contribution is 14.1. The Kier molecular flexibility index (Phi) is 2.89. The second-order valence-electron chi connectivity index (χ2n) is 2.11. The van der Waals surface area contributed by atoms with E-state index in [2.05, 4.69) is 0 Å². The lowest BCUT2D eigenvalue weighted by molar-refractivity contribution is 0.1000. The molecule has 5 heteroatoms. The molecule has 1 aromatic carbocycles. The van der Waals surface area contributed by atoms with Crippen LogP contribution in [0.1, 0.15) is 10.4 Å². The number of nitrogens with two attached hydrogens (primary N) is 1. The molecular formula is C7H4ClFINO. The van der Waals surface area contributed by atoms with E-state index in [1.165, 1.54) is 6.07 Å². The van der Waals surface area contributed by atoms with Crippen molar-refractivity contribution >= 4 is 40.1 Å². The SMILES string of the molecule is NC(=O)c1cc(F)c(I)cc1Cl. The number of halogens is 3. The average Bonchev–Trinajstić information content (AvgIpc) is 1.96. The molecule has 2 N–H and O–H groups in total. The van der Waals surface area contributed by atoms with Crippen molar-refractivity contribution in [2.24, 2.45) is 5.73 Å². The molecule has 0 saturated carbocycles. The standard InChI is InChI=1S/C7H4ClFINO/c8-4-2-6(10)5(9)1-3(4)7(11)12/h1-2H,(H2,11,12). The lowest BCUT2D eigenvalue weighted by Gasteiger charge is -2.00. The van der Waals surface area contributed by atoms with Crippen LogP contribution in [0.15, 0.2) is 12.1 Å².